The number of esters is 1. The number of hydrogen-bond donors (Lipinski definition) is 2. The summed E-state index contributed by atoms with van der Waals surface area (Å²) >= 11 is 3.90. The van der Waals surface area contributed by atoms with Gasteiger partial charge in [-0.15, -0.1) is 0 Å². The molecule has 0 aliphatic heterocycles. The summed E-state index contributed by atoms with van der Waals surface area (Å²) < 4.78 is 9.75. The van der Waals surface area contributed by atoms with E-state index in [1.807, 2.05) is 0 Å². The molecule has 0 aromatic heterocycles. The van der Waals surface area contributed by atoms with E-state index in [-0.39, 0.29) is 25.5 Å². The first kappa shape index (κ1) is 15.1. The Morgan fingerprint density at radius 2 is 1.94 bits per heavy atom. The molecule has 0 saturated heterocycles. The zero-order valence-electron chi connectivity index (χ0n) is 9.91. The molecular formula is C10H19NO4S. The summed E-state index contributed by atoms with van der Waals surface area (Å²) in [6.07, 6.45) is -0.401. The van der Waals surface area contributed by atoms with Gasteiger partial charge in [0.1, 0.15) is 12.2 Å². The first-order chi connectivity index (χ1) is 7.35. The summed E-state index contributed by atoms with van der Waals surface area (Å²) in [5, 5.41) is 2.47. The minimum atomic E-state index is -0.533. The van der Waals surface area contributed by atoms with Crippen molar-refractivity contribution in [3.8, 4) is 0 Å². The van der Waals surface area contributed by atoms with Crippen LogP contribution < -0.4 is 5.32 Å². The lowest BCUT2D eigenvalue weighted by molar-refractivity contribution is -0.142. The largest absolute Gasteiger partial charge is 0.465 e. The van der Waals surface area contributed by atoms with Crippen molar-refractivity contribution in [3.05, 3.63) is 0 Å². The van der Waals surface area contributed by atoms with Crippen molar-refractivity contribution in [3.63, 3.8) is 0 Å². The monoisotopic (exact) mass is 249 g/mol. The number of ether oxygens (including phenoxy) is 2. The number of amides is 1. The predicted molar refractivity (Wildman–Crippen MR) is 63.7 cm³/mol. The van der Waals surface area contributed by atoms with Crippen LogP contribution in [0.2, 0.25) is 0 Å². The topological polar surface area (TPSA) is 64.6 Å². The number of hydrogen-bond acceptors (Lipinski definition) is 5. The average molecular weight is 249 g/mol. The average Bonchev–Trinajstić information content (AvgIpc) is 2.11. The number of carbonyl (C=O) groups excluding carboxylic acids is 2. The smallest absolute Gasteiger partial charge is 0.407 e. The second-order valence-corrected chi connectivity index (χ2v) is 4.57. The van der Waals surface area contributed by atoms with Crippen molar-refractivity contribution >= 4 is 24.7 Å². The van der Waals surface area contributed by atoms with E-state index in [0.717, 1.165) is 0 Å². The van der Waals surface area contributed by atoms with E-state index in [4.69, 9.17) is 9.47 Å². The van der Waals surface area contributed by atoms with Gasteiger partial charge >= 0.3 is 12.1 Å². The molecule has 0 aromatic rings. The molecule has 0 fully saturated rings. The van der Waals surface area contributed by atoms with Crippen LogP contribution in [0.3, 0.4) is 0 Å². The molecule has 5 nitrogen and oxygen atoms in total. The Morgan fingerprint density at radius 3 is 2.44 bits per heavy atom. The summed E-state index contributed by atoms with van der Waals surface area (Å²) in [4.78, 5) is 22.2. The first-order valence-electron chi connectivity index (χ1n) is 5.08. The molecule has 0 aromatic carbocycles. The number of thiol groups is 1. The lowest BCUT2D eigenvalue weighted by Crippen LogP contribution is -2.33. The van der Waals surface area contributed by atoms with Crippen LogP contribution in [0.4, 0.5) is 4.79 Å². The summed E-state index contributed by atoms with van der Waals surface area (Å²) in [6.45, 7) is 5.81. The van der Waals surface area contributed by atoms with Gasteiger partial charge < -0.3 is 14.8 Å². The Kier molecular flexibility index (Phi) is 6.96. The van der Waals surface area contributed by atoms with Crippen LogP contribution >= 0.6 is 12.6 Å². The third-order valence-electron chi connectivity index (χ3n) is 1.35. The quantitative estimate of drug-likeness (QED) is 0.570. The van der Waals surface area contributed by atoms with Gasteiger partial charge in [0.25, 0.3) is 0 Å². The van der Waals surface area contributed by atoms with Gasteiger partial charge in [0, 0.05) is 12.3 Å². The van der Waals surface area contributed by atoms with Crippen molar-refractivity contribution in [1.82, 2.24) is 5.32 Å². The fraction of sp³-hybridized carbons (Fsp3) is 0.800. The molecule has 1 N–H and O–H groups in total. The van der Waals surface area contributed by atoms with Crippen LogP contribution in [0.5, 0.6) is 0 Å². The van der Waals surface area contributed by atoms with Gasteiger partial charge in [-0.3, -0.25) is 4.79 Å². The van der Waals surface area contributed by atoms with Crippen molar-refractivity contribution in [2.45, 2.75) is 32.8 Å². The molecular weight excluding hydrogens is 230 g/mol. The van der Waals surface area contributed by atoms with Gasteiger partial charge in [-0.1, -0.05) is 0 Å². The molecule has 0 saturated carbocycles. The maximum atomic E-state index is 11.2. The van der Waals surface area contributed by atoms with E-state index in [1.165, 1.54) is 0 Å². The van der Waals surface area contributed by atoms with E-state index >= 15 is 0 Å². The standard InChI is InChI=1S/C10H19NO4S/c1-10(2,3)15-9(13)11-5-4-8(12)14-6-7-16/h16H,4-7H2,1-3H3,(H,11,13). The SMILES string of the molecule is CC(C)(C)OC(=O)NCCC(=O)OCCS. The fourth-order valence-electron chi connectivity index (χ4n) is 0.812. The second kappa shape index (κ2) is 7.38. The van der Waals surface area contributed by atoms with Crippen LogP contribution in [0.25, 0.3) is 0 Å². The molecule has 0 heterocycles. The van der Waals surface area contributed by atoms with E-state index < -0.39 is 11.7 Å². The van der Waals surface area contributed by atoms with Crippen molar-refractivity contribution in [1.29, 1.82) is 0 Å². The van der Waals surface area contributed by atoms with E-state index in [9.17, 15) is 9.59 Å². The minimum absolute atomic E-state index is 0.132. The summed E-state index contributed by atoms with van der Waals surface area (Å²) in [6, 6.07) is 0. The molecule has 0 bridgehead atoms. The number of carbonyl (C=O) groups is 2. The Balaban J connectivity index is 3.58. The highest BCUT2D eigenvalue weighted by Crippen LogP contribution is 2.06. The Morgan fingerprint density at radius 1 is 1.31 bits per heavy atom. The summed E-state index contributed by atoms with van der Waals surface area (Å²) in [5.74, 6) is 0.135. The Hall–Kier alpha value is -0.910. The van der Waals surface area contributed by atoms with Gasteiger partial charge in [-0.25, -0.2) is 4.79 Å². The normalized spacial score (nSPS) is 10.8. The molecule has 0 aliphatic rings. The number of rotatable bonds is 5. The van der Waals surface area contributed by atoms with E-state index in [2.05, 4.69) is 17.9 Å². The van der Waals surface area contributed by atoms with E-state index in [0.29, 0.717) is 5.75 Å². The zero-order valence-corrected chi connectivity index (χ0v) is 10.8. The van der Waals surface area contributed by atoms with Crippen LogP contribution in [0.1, 0.15) is 27.2 Å². The number of nitrogens with one attached hydrogen (secondary N) is 1. The lowest BCUT2D eigenvalue weighted by atomic mass is 10.2. The molecule has 0 atom stereocenters. The van der Waals surface area contributed by atoms with Crippen molar-refractivity contribution in [2.24, 2.45) is 0 Å². The predicted octanol–water partition coefficient (Wildman–Crippen LogP) is 1.37. The summed E-state index contributed by atoms with van der Waals surface area (Å²) in [7, 11) is 0. The Bertz CT molecular complexity index is 237. The molecule has 0 radical (unpaired) electrons. The van der Waals surface area contributed by atoms with Crippen molar-refractivity contribution in [2.75, 3.05) is 18.9 Å². The lowest BCUT2D eigenvalue weighted by Gasteiger charge is -2.19. The van der Waals surface area contributed by atoms with Gasteiger partial charge in [0.2, 0.25) is 0 Å². The minimum Gasteiger partial charge on any atom is -0.465 e. The molecule has 0 rings (SSSR count). The molecule has 6 heteroatoms. The molecule has 16 heavy (non-hydrogen) atoms. The van der Waals surface area contributed by atoms with Gasteiger partial charge in [0.05, 0.1) is 6.42 Å². The highest BCUT2D eigenvalue weighted by atomic mass is 32.1. The van der Waals surface area contributed by atoms with Crippen LogP contribution in [0.15, 0.2) is 0 Å². The third-order valence-corrected chi connectivity index (χ3v) is 1.53. The zero-order chi connectivity index (χ0) is 12.6. The molecule has 0 aliphatic carbocycles. The number of alkyl carbamates (subject to hydrolysis) is 1. The first-order valence-corrected chi connectivity index (χ1v) is 5.72. The van der Waals surface area contributed by atoms with Crippen LogP contribution in [-0.2, 0) is 14.3 Å². The molecule has 0 unspecified atom stereocenters. The fourth-order valence-corrected chi connectivity index (χ4v) is 0.904. The maximum absolute atomic E-state index is 11.2. The Labute approximate surface area is 101 Å². The van der Waals surface area contributed by atoms with Crippen molar-refractivity contribution < 1.29 is 19.1 Å². The molecule has 0 spiro atoms. The third kappa shape index (κ3) is 9.64. The van der Waals surface area contributed by atoms with Gasteiger partial charge in [-0.2, -0.15) is 12.6 Å². The second-order valence-electron chi connectivity index (χ2n) is 4.12. The van der Waals surface area contributed by atoms with E-state index in [1.54, 1.807) is 20.8 Å². The summed E-state index contributed by atoms with van der Waals surface area (Å²) in [5.41, 5.74) is -0.531. The van der Waals surface area contributed by atoms with Crippen LogP contribution in [-0.4, -0.2) is 36.6 Å². The highest BCUT2D eigenvalue weighted by Gasteiger charge is 2.15. The highest BCUT2D eigenvalue weighted by molar-refractivity contribution is 7.80. The molecule has 94 valence electrons. The molecule has 1 amide bonds. The maximum Gasteiger partial charge on any atom is 0.407 e. The van der Waals surface area contributed by atoms with Gasteiger partial charge in [-0.05, 0) is 20.8 Å². The van der Waals surface area contributed by atoms with Gasteiger partial charge in [0.15, 0.2) is 0 Å². The van der Waals surface area contributed by atoms with Crippen LogP contribution in [0, 0.1) is 0 Å².